The molecule has 0 spiro atoms. The maximum Gasteiger partial charge on any atom is 0.296 e. The Kier molecular flexibility index (Phi) is 11.8. The number of benzene rings is 3. The van der Waals surface area contributed by atoms with E-state index in [0.717, 1.165) is 56.5 Å². The highest BCUT2D eigenvalue weighted by molar-refractivity contribution is 9.10. The summed E-state index contributed by atoms with van der Waals surface area (Å²) in [5.74, 6) is -0.983. The van der Waals surface area contributed by atoms with Crippen molar-refractivity contribution in [3.63, 3.8) is 0 Å². The maximum atomic E-state index is 13.2. The Balaban J connectivity index is 1.09. The molecule has 3 aromatic rings. The number of piperazine rings is 1. The minimum absolute atomic E-state index is 0.0206. The third-order valence-electron chi connectivity index (χ3n) is 9.25. The Labute approximate surface area is 315 Å². The first-order valence-corrected chi connectivity index (χ1v) is 19.5. The molecule has 276 valence electrons. The predicted octanol–water partition coefficient (Wildman–Crippen LogP) is 6.57. The van der Waals surface area contributed by atoms with Crippen molar-refractivity contribution >= 4 is 72.3 Å². The molecule has 2 saturated heterocycles. The summed E-state index contributed by atoms with van der Waals surface area (Å²) in [7, 11) is -4.46. The Hall–Kier alpha value is -3.70. The number of aliphatic imine (C=N–C) groups is 1. The zero-order valence-electron chi connectivity index (χ0n) is 28.7. The molecular formula is C36H39BrClN5O8S. The molecule has 16 heteroatoms. The van der Waals surface area contributed by atoms with E-state index >= 15 is 0 Å². The van der Waals surface area contributed by atoms with Crippen LogP contribution in [0, 0.1) is 16.0 Å². The molecule has 3 aliphatic heterocycles. The van der Waals surface area contributed by atoms with Crippen LogP contribution in [0.15, 0.2) is 80.6 Å². The van der Waals surface area contributed by atoms with Crippen LogP contribution in [0.2, 0.25) is 5.02 Å². The molecule has 3 aromatic carbocycles. The van der Waals surface area contributed by atoms with Crippen molar-refractivity contribution in [2.75, 3.05) is 57.4 Å². The van der Waals surface area contributed by atoms with E-state index in [0.29, 0.717) is 29.1 Å². The second kappa shape index (κ2) is 16.1. The van der Waals surface area contributed by atoms with Gasteiger partial charge in [-0.05, 0) is 95.4 Å². The minimum Gasteiger partial charge on any atom is -0.371 e. The van der Waals surface area contributed by atoms with Gasteiger partial charge in [-0.3, -0.25) is 24.8 Å². The fraction of sp³-hybridized carbons (Fsp3) is 0.389. The molecule has 1 atom stereocenters. The number of nitrogens with one attached hydrogen (secondary N) is 1. The normalized spacial score (nSPS) is 19.9. The van der Waals surface area contributed by atoms with Crippen LogP contribution in [0.25, 0.3) is 5.57 Å². The van der Waals surface area contributed by atoms with Gasteiger partial charge in [0.15, 0.2) is 0 Å². The van der Waals surface area contributed by atoms with Gasteiger partial charge < -0.3 is 9.64 Å². The zero-order chi connectivity index (χ0) is 37.0. The molecular weight excluding hydrogens is 778 g/mol. The minimum atomic E-state index is -4.46. The summed E-state index contributed by atoms with van der Waals surface area (Å²) < 4.78 is 35.0. The van der Waals surface area contributed by atoms with E-state index in [2.05, 4.69) is 56.7 Å². The van der Waals surface area contributed by atoms with E-state index in [-0.39, 0.29) is 29.4 Å². The van der Waals surface area contributed by atoms with Crippen LogP contribution in [0.5, 0.6) is 0 Å². The number of nitro groups is 1. The number of halogens is 2. The van der Waals surface area contributed by atoms with Gasteiger partial charge in [-0.15, -0.1) is 0 Å². The lowest BCUT2D eigenvalue weighted by molar-refractivity contribution is -0.384. The number of nitrogens with zero attached hydrogens (tertiary/aromatic N) is 4. The van der Waals surface area contributed by atoms with Crippen molar-refractivity contribution in [3.05, 3.63) is 97.0 Å². The highest BCUT2D eigenvalue weighted by atomic mass is 79.9. The molecule has 6 rings (SSSR count). The van der Waals surface area contributed by atoms with E-state index < -0.39 is 31.4 Å². The number of carbonyl (C=O) groups is 1. The third-order valence-corrected chi connectivity index (χ3v) is 11.5. The van der Waals surface area contributed by atoms with Gasteiger partial charge in [0, 0.05) is 72.5 Å². The van der Waals surface area contributed by atoms with Crippen molar-refractivity contribution in [2.24, 2.45) is 10.9 Å². The largest absolute Gasteiger partial charge is 0.371 e. The number of sulfonamides is 1. The second-order valence-corrected chi connectivity index (χ2v) is 16.5. The maximum absolute atomic E-state index is 13.2. The van der Waals surface area contributed by atoms with Crippen LogP contribution in [0.1, 0.15) is 42.6 Å². The molecule has 13 nitrogen and oxygen atoms in total. The van der Waals surface area contributed by atoms with Crippen molar-refractivity contribution in [1.82, 2.24) is 9.62 Å². The van der Waals surface area contributed by atoms with Gasteiger partial charge in [0.1, 0.15) is 5.69 Å². The number of rotatable bonds is 10. The first kappa shape index (κ1) is 38.0. The van der Waals surface area contributed by atoms with Crippen LogP contribution in [-0.4, -0.2) is 88.5 Å². The van der Waals surface area contributed by atoms with Crippen molar-refractivity contribution < 1.29 is 32.6 Å². The fourth-order valence-electron chi connectivity index (χ4n) is 6.33. The monoisotopic (exact) mass is 815 g/mol. The van der Waals surface area contributed by atoms with E-state index in [1.807, 2.05) is 16.9 Å². The van der Waals surface area contributed by atoms with E-state index in [1.165, 1.54) is 29.5 Å². The molecule has 0 bridgehead atoms. The van der Waals surface area contributed by atoms with Crippen molar-refractivity contribution in [1.29, 1.82) is 0 Å². The topological polar surface area (TPSA) is 153 Å². The standard InChI is InChI=1S/C36H39BrClN5O8S/c1-36(2)19-31(25-3-5-27(38)6-4-25)26(23-49-36)21-41-12-14-42(15-13-41)28-7-9-30(32(37)17-28)35(44)40-52(47,48)29-8-10-33(34(18-29)43(45)46)39-20-24-11-16-50-51-22-24/h3-10,17-18,20,24H,11-16,19,21-23H2,1-2H3,(H,40,44). The fourth-order valence-corrected chi connectivity index (χ4v) is 7.99. The number of anilines is 1. The summed E-state index contributed by atoms with van der Waals surface area (Å²) >= 11 is 9.61. The third kappa shape index (κ3) is 9.26. The lowest BCUT2D eigenvalue weighted by atomic mass is 9.87. The van der Waals surface area contributed by atoms with Gasteiger partial charge in [0.05, 0.1) is 40.8 Å². The molecule has 0 aromatic heterocycles. The molecule has 52 heavy (non-hydrogen) atoms. The van der Waals surface area contributed by atoms with Crippen LogP contribution in [-0.2, 0) is 24.5 Å². The number of nitro benzene ring substituents is 1. The number of amides is 1. The van der Waals surface area contributed by atoms with E-state index in [4.69, 9.17) is 26.1 Å². The molecule has 2 fully saturated rings. The first-order chi connectivity index (χ1) is 24.8. The summed E-state index contributed by atoms with van der Waals surface area (Å²) in [6.07, 6.45) is 2.96. The van der Waals surface area contributed by atoms with Crippen LogP contribution < -0.4 is 9.62 Å². The van der Waals surface area contributed by atoms with Gasteiger partial charge in [-0.1, -0.05) is 23.7 Å². The number of hydrogen-bond acceptors (Lipinski definition) is 11. The Morgan fingerprint density at radius 1 is 1.10 bits per heavy atom. The highest BCUT2D eigenvalue weighted by Gasteiger charge is 2.31. The molecule has 0 radical (unpaired) electrons. The van der Waals surface area contributed by atoms with Crippen molar-refractivity contribution in [3.8, 4) is 0 Å². The quantitative estimate of drug-likeness (QED) is 0.103. The van der Waals surface area contributed by atoms with Gasteiger partial charge >= 0.3 is 0 Å². The first-order valence-electron chi connectivity index (χ1n) is 16.8. The summed E-state index contributed by atoms with van der Waals surface area (Å²) in [6.45, 7) is 9.35. The van der Waals surface area contributed by atoms with Crippen LogP contribution >= 0.6 is 27.5 Å². The molecule has 3 aliphatic rings. The summed E-state index contributed by atoms with van der Waals surface area (Å²) in [4.78, 5) is 42.4. The second-order valence-electron chi connectivity index (χ2n) is 13.5. The highest BCUT2D eigenvalue weighted by Crippen LogP contribution is 2.36. The Bertz CT molecular complexity index is 1990. The predicted molar refractivity (Wildman–Crippen MR) is 202 cm³/mol. The molecule has 0 aliphatic carbocycles. The molecule has 1 unspecified atom stereocenters. The molecule has 3 heterocycles. The lowest BCUT2D eigenvalue weighted by Crippen LogP contribution is -2.47. The SMILES string of the molecule is CC1(C)CC(c2ccc(Cl)cc2)=C(CN2CCN(c3ccc(C(=O)NS(=O)(=O)c4ccc(N=CC5CCOOC5)c([N+](=O)[O-])c4)c(Br)c3)CC2)CO1. The van der Waals surface area contributed by atoms with Gasteiger partial charge in [-0.2, -0.15) is 0 Å². The summed E-state index contributed by atoms with van der Waals surface area (Å²) in [5, 5.41) is 12.5. The molecule has 1 N–H and O–H groups in total. The Morgan fingerprint density at radius 2 is 1.85 bits per heavy atom. The number of carbonyl (C=O) groups excluding carboxylic acids is 1. The van der Waals surface area contributed by atoms with Crippen LogP contribution in [0.3, 0.4) is 0 Å². The van der Waals surface area contributed by atoms with Crippen LogP contribution in [0.4, 0.5) is 17.1 Å². The number of hydrogen-bond donors (Lipinski definition) is 1. The van der Waals surface area contributed by atoms with Crippen molar-refractivity contribution in [2.45, 2.75) is 37.2 Å². The Morgan fingerprint density at radius 3 is 2.52 bits per heavy atom. The van der Waals surface area contributed by atoms with Gasteiger partial charge in [0.2, 0.25) is 0 Å². The summed E-state index contributed by atoms with van der Waals surface area (Å²) in [6, 6.07) is 16.4. The summed E-state index contributed by atoms with van der Waals surface area (Å²) in [5.41, 5.74) is 3.93. The molecule has 0 saturated carbocycles. The average Bonchev–Trinajstić information content (AvgIpc) is 3.12. The van der Waals surface area contributed by atoms with E-state index in [9.17, 15) is 23.3 Å². The van der Waals surface area contributed by atoms with Gasteiger partial charge in [0.25, 0.3) is 21.6 Å². The average molecular weight is 817 g/mol. The van der Waals surface area contributed by atoms with Gasteiger partial charge in [-0.25, -0.2) is 22.9 Å². The molecule has 1 amide bonds. The van der Waals surface area contributed by atoms with E-state index in [1.54, 1.807) is 18.2 Å². The zero-order valence-corrected chi connectivity index (χ0v) is 31.9. The lowest BCUT2D eigenvalue weighted by Gasteiger charge is -2.39. The smallest absolute Gasteiger partial charge is 0.296 e. The number of ether oxygens (including phenoxy) is 1.